The second kappa shape index (κ2) is 9.21. The zero-order valence-electron chi connectivity index (χ0n) is 20.9. The minimum atomic E-state index is -0.541. The minimum Gasteiger partial charge on any atom is -0.339 e. The lowest BCUT2D eigenvalue weighted by Gasteiger charge is -2.26. The summed E-state index contributed by atoms with van der Waals surface area (Å²) in [5, 5.41) is 9.54. The van der Waals surface area contributed by atoms with Gasteiger partial charge in [0.1, 0.15) is 11.7 Å². The Labute approximate surface area is 211 Å². The molecule has 0 spiro atoms. The molecule has 3 aromatic rings. The van der Waals surface area contributed by atoms with E-state index in [0.29, 0.717) is 5.69 Å². The zero-order valence-corrected chi connectivity index (χ0v) is 20.9. The van der Waals surface area contributed by atoms with Crippen LogP contribution in [-0.4, -0.2) is 34.0 Å². The summed E-state index contributed by atoms with van der Waals surface area (Å²) >= 11 is 0. The molecule has 0 bridgehead atoms. The number of hydrogen-bond acceptors (Lipinski definition) is 4. The summed E-state index contributed by atoms with van der Waals surface area (Å²) < 4.78 is 2.06. The van der Waals surface area contributed by atoms with Gasteiger partial charge >= 0.3 is 0 Å². The lowest BCUT2D eigenvalue weighted by molar-refractivity contribution is -0.119. The van der Waals surface area contributed by atoms with Gasteiger partial charge in [0.25, 0.3) is 5.91 Å². The summed E-state index contributed by atoms with van der Waals surface area (Å²) in [6.45, 7) is 6.45. The van der Waals surface area contributed by atoms with Crippen LogP contribution in [0.3, 0.4) is 0 Å². The summed E-state index contributed by atoms with van der Waals surface area (Å²) in [6, 6.07) is 13.2. The van der Waals surface area contributed by atoms with Crippen LogP contribution in [0, 0.1) is 31.6 Å². The molecule has 7 heteroatoms. The Balaban J connectivity index is 1.20. The third kappa shape index (κ3) is 4.32. The van der Waals surface area contributed by atoms with E-state index < -0.39 is 6.04 Å². The quantitative estimate of drug-likeness (QED) is 0.494. The molecule has 2 fully saturated rings. The van der Waals surface area contributed by atoms with E-state index in [1.54, 1.807) is 0 Å². The van der Waals surface area contributed by atoms with Crippen LogP contribution in [0.1, 0.15) is 46.7 Å². The molecular formula is C29H33N5O2. The number of fused-ring (bicyclic) bond motifs is 2. The number of benzene rings is 1. The number of pyridine rings is 1. The molecule has 0 unspecified atom stereocenters. The Morgan fingerprint density at radius 2 is 1.81 bits per heavy atom. The normalized spacial score (nSPS) is 22.9. The predicted molar refractivity (Wildman–Crippen MR) is 139 cm³/mol. The lowest BCUT2D eigenvalue weighted by Crippen LogP contribution is -2.49. The Hall–Kier alpha value is -3.45. The van der Waals surface area contributed by atoms with E-state index in [-0.39, 0.29) is 17.7 Å². The molecule has 0 radical (unpaired) electrons. The molecule has 0 saturated heterocycles. The first-order valence-electron chi connectivity index (χ1n) is 13.0. The largest absolute Gasteiger partial charge is 0.339 e. The highest BCUT2D eigenvalue weighted by Gasteiger charge is 2.49. The van der Waals surface area contributed by atoms with Gasteiger partial charge in [-0.05, 0) is 92.3 Å². The number of aryl methyl sites for hydroxylation is 2. The van der Waals surface area contributed by atoms with Crippen molar-refractivity contribution in [3.8, 4) is 11.1 Å². The standard InChI is InChI=1S/C29H33N5O2/c1-17-9-10-31-18(2)26(17)19-3-5-23(6-4-19)32-29(36)27(22-14-20-13-21(20)15-22)33-28(35)25-8-7-24-16-30-11-12-34(24)25/h3-10,20-22,27,30H,11-16H2,1-2H3,(H,32,36)(H,33,35)/t20-,21+,22+,27-/m0/s1. The minimum absolute atomic E-state index is 0.136. The molecular weight excluding hydrogens is 450 g/mol. The third-order valence-corrected chi connectivity index (χ3v) is 8.23. The van der Waals surface area contributed by atoms with Crippen molar-refractivity contribution in [1.82, 2.24) is 20.2 Å². The van der Waals surface area contributed by atoms with Crippen molar-refractivity contribution >= 4 is 17.5 Å². The number of hydrogen-bond donors (Lipinski definition) is 3. The van der Waals surface area contributed by atoms with Gasteiger partial charge in [-0.3, -0.25) is 14.6 Å². The molecule has 36 heavy (non-hydrogen) atoms. The van der Waals surface area contributed by atoms with Crippen LogP contribution in [0.4, 0.5) is 5.69 Å². The molecule has 7 nitrogen and oxygen atoms in total. The predicted octanol–water partition coefficient (Wildman–Crippen LogP) is 4.05. The van der Waals surface area contributed by atoms with E-state index in [1.807, 2.05) is 55.6 Å². The number of nitrogens with zero attached hydrogens (tertiary/aromatic N) is 2. The highest BCUT2D eigenvalue weighted by atomic mass is 16.2. The van der Waals surface area contributed by atoms with Gasteiger partial charge in [0, 0.05) is 48.5 Å². The van der Waals surface area contributed by atoms with Crippen LogP contribution < -0.4 is 16.0 Å². The lowest BCUT2D eigenvalue weighted by atomic mass is 9.93. The van der Waals surface area contributed by atoms with E-state index in [4.69, 9.17) is 0 Å². The average Bonchev–Trinajstić information content (AvgIpc) is 3.27. The number of aromatic nitrogens is 2. The van der Waals surface area contributed by atoms with Gasteiger partial charge in [-0.2, -0.15) is 0 Å². The highest BCUT2D eigenvalue weighted by Crippen LogP contribution is 2.55. The first-order chi connectivity index (χ1) is 17.5. The fraction of sp³-hybridized carbons (Fsp3) is 0.414. The first kappa shape index (κ1) is 23.0. The van der Waals surface area contributed by atoms with Gasteiger partial charge in [-0.15, -0.1) is 0 Å². The number of nitrogens with one attached hydrogen (secondary N) is 3. The van der Waals surface area contributed by atoms with E-state index in [1.165, 1.54) is 12.0 Å². The molecule has 3 heterocycles. The molecule has 2 aliphatic carbocycles. The Kier molecular flexibility index (Phi) is 5.88. The summed E-state index contributed by atoms with van der Waals surface area (Å²) in [5.41, 5.74) is 6.83. The number of rotatable bonds is 6. The number of anilines is 1. The molecule has 3 aliphatic rings. The molecule has 2 aromatic heterocycles. The molecule has 1 aromatic carbocycles. The summed E-state index contributed by atoms with van der Waals surface area (Å²) in [6.07, 6.45) is 5.12. The van der Waals surface area contributed by atoms with E-state index in [2.05, 4.69) is 32.4 Å². The van der Waals surface area contributed by atoms with Crippen LogP contribution in [0.15, 0.2) is 48.7 Å². The second-order valence-electron chi connectivity index (χ2n) is 10.6. The topological polar surface area (TPSA) is 88.1 Å². The maximum absolute atomic E-state index is 13.5. The van der Waals surface area contributed by atoms with Gasteiger partial charge in [-0.1, -0.05) is 12.1 Å². The molecule has 2 amide bonds. The smallest absolute Gasteiger partial charge is 0.268 e. The Morgan fingerprint density at radius 1 is 1.03 bits per heavy atom. The maximum atomic E-state index is 13.5. The maximum Gasteiger partial charge on any atom is 0.268 e. The van der Waals surface area contributed by atoms with Crippen LogP contribution in [-0.2, 0) is 17.9 Å². The highest BCUT2D eigenvalue weighted by molar-refractivity contribution is 6.01. The summed E-state index contributed by atoms with van der Waals surface area (Å²) in [4.78, 5) is 31.3. The van der Waals surface area contributed by atoms with Crippen LogP contribution in [0.2, 0.25) is 0 Å². The van der Waals surface area contributed by atoms with E-state index in [0.717, 1.165) is 72.5 Å². The molecule has 1 aliphatic heterocycles. The van der Waals surface area contributed by atoms with Crippen molar-refractivity contribution in [3.63, 3.8) is 0 Å². The van der Waals surface area contributed by atoms with Crippen molar-refractivity contribution in [1.29, 1.82) is 0 Å². The van der Waals surface area contributed by atoms with E-state index in [9.17, 15) is 9.59 Å². The average molecular weight is 484 g/mol. The number of amides is 2. The Morgan fingerprint density at radius 3 is 2.56 bits per heavy atom. The second-order valence-corrected chi connectivity index (χ2v) is 10.6. The number of carbonyl (C=O) groups is 2. The summed E-state index contributed by atoms with van der Waals surface area (Å²) in [7, 11) is 0. The molecule has 186 valence electrons. The van der Waals surface area contributed by atoms with E-state index >= 15 is 0 Å². The van der Waals surface area contributed by atoms with Gasteiger partial charge in [0.2, 0.25) is 5.91 Å². The SMILES string of the molecule is Cc1ccnc(C)c1-c1ccc(NC(=O)[C@@H](NC(=O)c2ccc3n2CCNC3)[C@H]2C[C@H]3C[C@H]3C2)cc1. The van der Waals surface area contributed by atoms with Crippen molar-refractivity contribution < 1.29 is 9.59 Å². The van der Waals surface area contributed by atoms with Crippen LogP contribution in [0.25, 0.3) is 11.1 Å². The zero-order chi connectivity index (χ0) is 24.8. The van der Waals surface area contributed by atoms with Gasteiger partial charge in [-0.25, -0.2) is 0 Å². The molecule has 6 rings (SSSR count). The Bertz CT molecular complexity index is 1280. The monoisotopic (exact) mass is 483 g/mol. The first-order valence-corrected chi connectivity index (χ1v) is 13.0. The van der Waals surface area contributed by atoms with Gasteiger partial charge in [0.15, 0.2) is 0 Å². The number of carbonyl (C=O) groups excluding carboxylic acids is 2. The summed E-state index contributed by atoms with van der Waals surface area (Å²) in [5.74, 6) is 1.32. The van der Waals surface area contributed by atoms with Crippen molar-refractivity contribution in [2.75, 3.05) is 11.9 Å². The van der Waals surface area contributed by atoms with Crippen LogP contribution in [0.5, 0.6) is 0 Å². The van der Waals surface area contributed by atoms with Gasteiger partial charge < -0.3 is 20.5 Å². The van der Waals surface area contributed by atoms with Crippen molar-refractivity contribution in [2.45, 2.75) is 52.2 Å². The van der Waals surface area contributed by atoms with Crippen LogP contribution >= 0.6 is 0 Å². The third-order valence-electron chi connectivity index (χ3n) is 8.23. The molecule has 2 saturated carbocycles. The van der Waals surface area contributed by atoms with Crippen molar-refractivity contribution in [2.24, 2.45) is 17.8 Å². The van der Waals surface area contributed by atoms with Crippen molar-refractivity contribution in [3.05, 3.63) is 71.3 Å². The fourth-order valence-electron chi connectivity index (χ4n) is 6.25. The molecule has 4 atom stereocenters. The fourth-order valence-corrected chi connectivity index (χ4v) is 6.25. The van der Waals surface area contributed by atoms with Gasteiger partial charge in [0.05, 0.1) is 0 Å². The molecule has 3 N–H and O–H groups in total.